The van der Waals surface area contributed by atoms with Crippen molar-refractivity contribution in [1.29, 1.82) is 0 Å². The van der Waals surface area contributed by atoms with Crippen molar-refractivity contribution in [2.24, 2.45) is 5.73 Å². The highest BCUT2D eigenvalue weighted by Gasteiger charge is 2.07. The van der Waals surface area contributed by atoms with E-state index in [1.165, 1.54) is 35.6 Å². The summed E-state index contributed by atoms with van der Waals surface area (Å²) >= 11 is 0. The summed E-state index contributed by atoms with van der Waals surface area (Å²) in [5, 5.41) is 6.07. The highest BCUT2D eigenvalue weighted by Crippen LogP contribution is 2.27. The van der Waals surface area contributed by atoms with Crippen LogP contribution in [-0.2, 0) is 6.54 Å². The summed E-state index contributed by atoms with van der Waals surface area (Å²) in [6.45, 7) is 2.69. The van der Waals surface area contributed by atoms with Crippen molar-refractivity contribution in [2.75, 3.05) is 20.2 Å². The molecule has 0 aliphatic heterocycles. The van der Waals surface area contributed by atoms with Gasteiger partial charge in [0.05, 0.1) is 7.11 Å². The first-order chi connectivity index (χ1) is 10.4. The maximum atomic E-state index is 5.51. The zero-order valence-corrected chi connectivity index (χ0v) is 12.9. The van der Waals surface area contributed by atoms with Crippen molar-refractivity contribution in [3.8, 4) is 5.75 Å². The molecule has 0 aromatic heterocycles. The van der Waals surface area contributed by atoms with Crippen LogP contribution < -0.4 is 15.8 Å². The van der Waals surface area contributed by atoms with E-state index in [0.717, 1.165) is 31.8 Å². The minimum absolute atomic E-state index is 0.806. The largest absolute Gasteiger partial charge is 0.496 e. The Kier molecular flexibility index (Phi) is 6.51. The molecule has 0 bridgehead atoms. The van der Waals surface area contributed by atoms with Gasteiger partial charge in [0, 0.05) is 12.1 Å². The molecule has 3 N–H and O–H groups in total. The fourth-order valence-corrected chi connectivity index (χ4v) is 2.65. The summed E-state index contributed by atoms with van der Waals surface area (Å²) in [5.41, 5.74) is 6.75. The predicted octanol–water partition coefficient (Wildman–Crippen LogP) is 3.46. The first kappa shape index (κ1) is 15.8. The Labute approximate surface area is 127 Å². The summed E-state index contributed by atoms with van der Waals surface area (Å²) in [6, 6.07) is 12.6. The molecule has 114 valence electrons. The van der Waals surface area contributed by atoms with Crippen molar-refractivity contribution in [2.45, 2.75) is 32.2 Å². The van der Waals surface area contributed by atoms with Crippen LogP contribution >= 0.6 is 0 Å². The van der Waals surface area contributed by atoms with Crippen molar-refractivity contribution in [3.05, 3.63) is 42.0 Å². The molecule has 0 saturated heterocycles. The second-order valence-electron chi connectivity index (χ2n) is 5.35. The average Bonchev–Trinajstić information content (AvgIpc) is 2.54. The van der Waals surface area contributed by atoms with Crippen LogP contribution in [0.25, 0.3) is 10.8 Å². The Morgan fingerprint density at radius 3 is 2.62 bits per heavy atom. The zero-order valence-electron chi connectivity index (χ0n) is 12.9. The lowest BCUT2D eigenvalue weighted by Gasteiger charge is -2.13. The first-order valence-electron chi connectivity index (χ1n) is 7.82. The summed E-state index contributed by atoms with van der Waals surface area (Å²) in [6.07, 6.45) is 4.82. The molecule has 0 atom stereocenters. The maximum absolute atomic E-state index is 5.51. The highest BCUT2D eigenvalue weighted by atomic mass is 16.5. The van der Waals surface area contributed by atoms with Crippen molar-refractivity contribution in [1.82, 2.24) is 5.32 Å². The molecule has 0 aliphatic rings. The van der Waals surface area contributed by atoms with E-state index in [1.54, 1.807) is 7.11 Å². The molecule has 2 aromatic carbocycles. The number of benzene rings is 2. The molecule has 2 rings (SSSR count). The Morgan fingerprint density at radius 1 is 1.00 bits per heavy atom. The van der Waals surface area contributed by atoms with Crippen LogP contribution in [0, 0.1) is 0 Å². The van der Waals surface area contributed by atoms with Crippen molar-refractivity contribution >= 4 is 10.8 Å². The van der Waals surface area contributed by atoms with Gasteiger partial charge < -0.3 is 15.8 Å². The Morgan fingerprint density at radius 2 is 1.81 bits per heavy atom. The van der Waals surface area contributed by atoms with Gasteiger partial charge in [0.2, 0.25) is 0 Å². The second-order valence-corrected chi connectivity index (χ2v) is 5.35. The second kappa shape index (κ2) is 8.65. The molecule has 0 spiro atoms. The van der Waals surface area contributed by atoms with Gasteiger partial charge in [-0.3, -0.25) is 0 Å². The summed E-state index contributed by atoms with van der Waals surface area (Å²) < 4.78 is 5.51. The summed E-state index contributed by atoms with van der Waals surface area (Å²) in [4.78, 5) is 0. The molecule has 0 fully saturated rings. The Bertz CT molecular complexity index is 554. The highest BCUT2D eigenvalue weighted by molar-refractivity contribution is 5.87. The van der Waals surface area contributed by atoms with Gasteiger partial charge in [-0.1, -0.05) is 43.2 Å². The van der Waals surface area contributed by atoms with Crippen LogP contribution in [0.3, 0.4) is 0 Å². The van der Waals surface area contributed by atoms with Crippen LogP contribution in [-0.4, -0.2) is 20.2 Å². The van der Waals surface area contributed by atoms with E-state index < -0.39 is 0 Å². The fraction of sp³-hybridized carbons (Fsp3) is 0.444. The Balaban J connectivity index is 1.94. The van der Waals surface area contributed by atoms with Gasteiger partial charge in [0.1, 0.15) is 5.75 Å². The van der Waals surface area contributed by atoms with Gasteiger partial charge >= 0.3 is 0 Å². The van der Waals surface area contributed by atoms with E-state index in [4.69, 9.17) is 10.5 Å². The minimum atomic E-state index is 0.806. The van der Waals surface area contributed by atoms with E-state index in [9.17, 15) is 0 Å². The summed E-state index contributed by atoms with van der Waals surface area (Å²) in [7, 11) is 1.74. The molecule has 0 aliphatic carbocycles. The number of unbranched alkanes of at least 4 members (excludes halogenated alkanes) is 3. The normalized spacial score (nSPS) is 11.0. The SMILES string of the molecule is COc1ccc2ccccc2c1CNCCCCCCN. The number of rotatable bonds is 9. The van der Waals surface area contributed by atoms with Gasteiger partial charge in [-0.2, -0.15) is 0 Å². The topological polar surface area (TPSA) is 47.3 Å². The van der Waals surface area contributed by atoms with Gasteiger partial charge in [0.25, 0.3) is 0 Å². The zero-order chi connectivity index (χ0) is 14.9. The first-order valence-corrected chi connectivity index (χ1v) is 7.82. The molecule has 0 radical (unpaired) electrons. The van der Waals surface area contributed by atoms with E-state index in [2.05, 4.69) is 41.7 Å². The van der Waals surface area contributed by atoms with E-state index >= 15 is 0 Å². The number of hydrogen-bond donors (Lipinski definition) is 2. The molecule has 0 unspecified atom stereocenters. The number of nitrogens with one attached hydrogen (secondary N) is 1. The van der Waals surface area contributed by atoms with Crippen LogP contribution in [0.5, 0.6) is 5.75 Å². The quantitative estimate of drug-likeness (QED) is 0.694. The lowest BCUT2D eigenvalue weighted by atomic mass is 10.0. The molecule has 0 saturated carbocycles. The van der Waals surface area contributed by atoms with Crippen LogP contribution in [0.1, 0.15) is 31.2 Å². The standard InChI is InChI=1S/C18H26N2O/c1-21-18-11-10-15-8-4-5-9-16(15)17(18)14-20-13-7-3-2-6-12-19/h4-5,8-11,20H,2-3,6-7,12-14,19H2,1H3. The lowest BCUT2D eigenvalue weighted by Crippen LogP contribution is -2.15. The number of fused-ring (bicyclic) bond motifs is 1. The lowest BCUT2D eigenvalue weighted by molar-refractivity contribution is 0.408. The third-order valence-electron chi connectivity index (χ3n) is 3.83. The molecular formula is C18H26N2O. The van der Waals surface area contributed by atoms with E-state index in [1.807, 2.05) is 0 Å². The number of ether oxygens (including phenoxy) is 1. The fourth-order valence-electron chi connectivity index (χ4n) is 2.65. The smallest absolute Gasteiger partial charge is 0.123 e. The number of methoxy groups -OCH3 is 1. The van der Waals surface area contributed by atoms with E-state index in [-0.39, 0.29) is 0 Å². The Hall–Kier alpha value is -1.58. The minimum Gasteiger partial charge on any atom is -0.496 e. The molecule has 0 heterocycles. The number of hydrogen-bond acceptors (Lipinski definition) is 3. The predicted molar refractivity (Wildman–Crippen MR) is 89.7 cm³/mol. The molecule has 2 aromatic rings. The van der Waals surface area contributed by atoms with Gasteiger partial charge in [-0.15, -0.1) is 0 Å². The molecule has 3 heteroatoms. The molecule has 0 amide bonds. The number of nitrogens with two attached hydrogens (primary N) is 1. The summed E-state index contributed by atoms with van der Waals surface area (Å²) in [5.74, 6) is 0.962. The third kappa shape index (κ3) is 4.45. The van der Waals surface area contributed by atoms with Crippen LogP contribution in [0.2, 0.25) is 0 Å². The van der Waals surface area contributed by atoms with Crippen molar-refractivity contribution in [3.63, 3.8) is 0 Å². The van der Waals surface area contributed by atoms with E-state index in [0.29, 0.717) is 0 Å². The average molecular weight is 286 g/mol. The van der Waals surface area contributed by atoms with Gasteiger partial charge in [-0.25, -0.2) is 0 Å². The molecule has 3 nitrogen and oxygen atoms in total. The molecular weight excluding hydrogens is 260 g/mol. The van der Waals surface area contributed by atoms with Crippen LogP contribution in [0.15, 0.2) is 36.4 Å². The third-order valence-corrected chi connectivity index (χ3v) is 3.83. The van der Waals surface area contributed by atoms with Crippen molar-refractivity contribution < 1.29 is 4.74 Å². The van der Waals surface area contributed by atoms with Gasteiger partial charge in [-0.05, 0) is 42.8 Å². The molecule has 21 heavy (non-hydrogen) atoms. The van der Waals surface area contributed by atoms with Gasteiger partial charge in [0.15, 0.2) is 0 Å². The monoisotopic (exact) mass is 286 g/mol. The maximum Gasteiger partial charge on any atom is 0.123 e. The van der Waals surface area contributed by atoms with Crippen LogP contribution in [0.4, 0.5) is 0 Å².